The van der Waals surface area contributed by atoms with Gasteiger partial charge in [-0.25, -0.2) is 4.39 Å². The van der Waals surface area contributed by atoms with Crippen LogP contribution in [0.1, 0.15) is 21.5 Å². The van der Waals surface area contributed by atoms with Crippen LogP contribution in [-0.2, 0) is 0 Å². The Morgan fingerprint density at radius 2 is 1.85 bits per heavy atom. The highest BCUT2D eigenvalue weighted by Crippen LogP contribution is 2.21. The summed E-state index contributed by atoms with van der Waals surface area (Å²) >= 11 is 1.59. The SMILES string of the molecule is CSc1ccc(C)c(C(=O)Nc2ccc(F)cc2C)c1. The van der Waals surface area contributed by atoms with Crippen LogP contribution in [0.5, 0.6) is 0 Å². The molecule has 104 valence electrons. The van der Waals surface area contributed by atoms with E-state index in [4.69, 9.17) is 0 Å². The molecule has 2 rings (SSSR count). The van der Waals surface area contributed by atoms with Crippen LogP contribution in [0.2, 0.25) is 0 Å². The minimum atomic E-state index is -0.305. The zero-order chi connectivity index (χ0) is 14.7. The average molecular weight is 289 g/mol. The maximum Gasteiger partial charge on any atom is 0.255 e. The van der Waals surface area contributed by atoms with Gasteiger partial charge in [-0.1, -0.05) is 6.07 Å². The molecule has 2 nitrogen and oxygen atoms in total. The van der Waals surface area contributed by atoms with Crippen molar-refractivity contribution in [1.82, 2.24) is 0 Å². The van der Waals surface area contributed by atoms with E-state index >= 15 is 0 Å². The summed E-state index contributed by atoms with van der Waals surface area (Å²) in [6.45, 7) is 3.67. The standard InChI is InChI=1S/C16H16FNOS/c1-10-4-6-13(20-3)9-14(10)16(19)18-15-7-5-12(17)8-11(15)2/h4-9H,1-3H3,(H,18,19). The molecule has 0 bridgehead atoms. The Kier molecular flexibility index (Phi) is 4.45. The molecule has 0 radical (unpaired) electrons. The van der Waals surface area contributed by atoms with Crippen LogP contribution in [0.4, 0.5) is 10.1 Å². The Morgan fingerprint density at radius 1 is 1.10 bits per heavy atom. The monoisotopic (exact) mass is 289 g/mol. The van der Waals surface area contributed by atoms with Gasteiger partial charge in [0.2, 0.25) is 0 Å². The number of rotatable bonds is 3. The van der Waals surface area contributed by atoms with Crippen molar-refractivity contribution in [3.8, 4) is 0 Å². The highest BCUT2D eigenvalue weighted by molar-refractivity contribution is 7.98. The largest absolute Gasteiger partial charge is 0.322 e. The predicted octanol–water partition coefficient (Wildman–Crippen LogP) is 4.42. The third kappa shape index (κ3) is 3.20. The number of hydrogen-bond donors (Lipinski definition) is 1. The van der Waals surface area contributed by atoms with Gasteiger partial charge in [-0.05, 0) is 61.6 Å². The first-order chi connectivity index (χ1) is 9.51. The van der Waals surface area contributed by atoms with E-state index < -0.39 is 0 Å². The molecule has 2 aromatic rings. The van der Waals surface area contributed by atoms with Gasteiger partial charge in [-0.2, -0.15) is 0 Å². The number of carbonyl (C=O) groups excluding carboxylic acids is 1. The third-order valence-electron chi connectivity index (χ3n) is 3.13. The van der Waals surface area contributed by atoms with Crippen molar-refractivity contribution >= 4 is 23.4 Å². The summed E-state index contributed by atoms with van der Waals surface area (Å²) in [4.78, 5) is 13.4. The molecule has 0 saturated heterocycles. The van der Waals surface area contributed by atoms with Crippen molar-refractivity contribution in [2.45, 2.75) is 18.7 Å². The van der Waals surface area contributed by atoms with Gasteiger partial charge < -0.3 is 5.32 Å². The summed E-state index contributed by atoms with van der Waals surface area (Å²) in [6.07, 6.45) is 1.97. The molecule has 0 heterocycles. The first-order valence-corrected chi connectivity index (χ1v) is 7.46. The minimum Gasteiger partial charge on any atom is -0.322 e. The van der Waals surface area contributed by atoms with E-state index in [0.29, 0.717) is 16.8 Å². The van der Waals surface area contributed by atoms with Gasteiger partial charge >= 0.3 is 0 Å². The lowest BCUT2D eigenvalue weighted by Crippen LogP contribution is -2.14. The second-order valence-corrected chi connectivity index (χ2v) is 5.47. The van der Waals surface area contributed by atoms with Gasteiger partial charge in [0.25, 0.3) is 5.91 Å². The molecule has 0 aromatic heterocycles. The highest BCUT2D eigenvalue weighted by Gasteiger charge is 2.11. The molecule has 0 spiro atoms. The van der Waals surface area contributed by atoms with Crippen LogP contribution < -0.4 is 5.32 Å². The zero-order valence-corrected chi connectivity index (χ0v) is 12.5. The number of thioether (sulfide) groups is 1. The van der Waals surface area contributed by atoms with Crippen LogP contribution in [0.3, 0.4) is 0 Å². The summed E-state index contributed by atoms with van der Waals surface area (Å²) in [6, 6.07) is 10.1. The molecule has 20 heavy (non-hydrogen) atoms. The van der Waals surface area contributed by atoms with Crippen LogP contribution in [0.25, 0.3) is 0 Å². The van der Waals surface area contributed by atoms with Crippen LogP contribution in [0.15, 0.2) is 41.3 Å². The number of carbonyl (C=O) groups is 1. The average Bonchev–Trinajstić information content (AvgIpc) is 2.42. The van der Waals surface area contributed by atoms with E-state index in [-0.39, 0.29) is 11.7 Å². The topological polar surface area (TPSA) is 29.1 Å². The molecule has 0 aliphatic carbocycles. The van der Waals surface area contributed by atoms with E-state index in [2.05, 4.69) is 5.32 Å². The Labute approximate surface area is 122 Å². The predicted molar refractivity (Wildman–Crippen MR) is 82.1 cm³/mol. The van der Waals surface area contributed by atoms with Gasteiger partial charge in [0.05, 0.1) is 0 Å². The molecule has 0 unspecified atom stereocenters. The summed E-state index contributed by atoms with van der Waals surface area (Å²) in [5, 5.41) is 2.83. The van der Waals surface area contributed by atoms with E-state index in [0.717, 1.165) is 10.5 Å². The molecule has 2 aromatic carbocycles. The van der Waals surface area contributed by atoms with E-state index in [9.17, 15) is 9.18 Å². The Morgan fingerprint density at radius 3 is 2.50 bits per heavy atom. The number of hydrogen-bond acceptors (Lipinski definition) is 2. The zero-order valence-electron chi connectivity index (χ0n) is 11.7. The van der Waals surface area contributed by atoms with Crippen LogP contribution >= 0.6 is 11.8 Å². The molecule has 4 heteroatoms. The van der Waals surface area contributed by atoms with Crippen molar-refractivity contribution in [1.29, 1.82) is 0 Å². The van der Waals surface area contributed by atoms with Crippen molar-refractivity contribution in [2.75, 3.05) is 11.6 Å². The van der Waals surface area contributed by atoms with Gasteiger partial charge in [0.15, 0.2) is 0 Å². The second-order valence-electron chi connectivity index (χ2n) is 4.59. The van der Waals surface area contributed by atoms with Crippen LogP contribution in [0, 0.1) is 19.7 Å². The first kappa shape index (κ1) is 14.6. The van der Waals surface area contributed by atoms with Crippen LogP contribution in [-0.4, -0.2) is 12.2 Å². The lowest BCUT2D eigenvalue weighted by atomic mass is 10.1. The number of benzene rings is 2. The lowest BCUT2D eigenvalue weighted by Gasteiger charge is -2.11. The number of amides is 1. The van der Waals surface area contributed by atoms with Gasteiger partial charge in [0, 0.05) is 16.1 Å². The normalized spacial score (nSPS) is 10.4. The fourth-order valence-electron chi connectivity index (χ4n) is 1.93. The van der Waals surface area contributed by atoms with E-state index in [1.165, 1.54) is 12.1 Å². The maximum absolute atomic E-state index is 13.1. The minimum absolute atomic E-state index is 0.173. The number of aryl methyl sites for hydroxylation is 2. The maximum atomic E-state index is 13.1. The van der Waals surface area contributed by atoms with Crippen molar-refractivity contribution in [2.24, 2.45) is 0 Å². The van der Waals surface area contributed by atoms with Crippen molar-refractivity contribution in [3.05, 3.63) is 58.9 Å². The number of nitrogens with one attached hydrogen (secondary N) is 1. The Hall–Kier alpha value is -1.81. The highest BCUT2D eigenvalue weighted by atomic mass is 32.2. The molecule has 0 aliphatic heterocycles. The third-order valence-corrected chi connectivity index (χ3v) is 3.85. The molecule has 1 N–H and O–H groups in total. The van der Waals surface area contributed by atoms with E-state index in [1.807, 2.05) is 31.4 Å². The molecule has 0 aliphatic rings. The number of halogens is 1. The summed E-state index contributed by atoms with van der Waals surface area (Å²) < 4.78 is 13.1. The fraction of sp³-hybridized carbons (Fsp3) is 0.188. The van der Waals surface area contributed by atoms with Gasteiger partial charge in [-0.15, -0.1) is 11.8 Å². The number of anilines is 1. The van der Waals surface area contributed by atoms with E-state index in [1.54, 1.807) is 24.8 Å². The fourth-order valence-corrected chi connectivity index (χ4v) is 2.37. The smallest absolute Gasteiger partial charge is 0.255 e. The van der Waals surface area contributed by atoms with Crippen molar-refractivity contribution < 1.29 is 9.18 Å². The van der Waals surface area contributed by atoms with Gasteiger partial charge in [-0.3, -0.25) is 4.79 Å². The molecule has 0 saturated carbocycles. The molecule has 1 amide bonds. The first-order valence-electron chi connectivity index (χ1n) is 6.23. The quantitative estimate of drug-likeness (QED) is 0.848. The lowest BCUT2D eigenvalue weighted by molar-refractivity contribution is 0.102. The molecule has 0 fully saturated rings. The Bertz CT molecular complexity index is 655. The summed E-state index contributed by atoms with van der Waals surface area (Å²) in [5.74, 6) is -0.478. The molecule has 0 atom stereocenters. The molecular weight excluding hydrogens is 273 g/mol. The second kappa shape index (κ2) is 6.09. The van der Waals surface area contributed by atoms with Crippen molar-refractivity contribution in [3.63, 3.8) is 0 Å². The van der Waals surface area contributed by atoms with Gasteiger partial charge in [0.1, 0.15) is 5.82 Å². The summed E-state index contributed by atoms with van der Waals surface area (Å²) in [5.41, 5.74) is 2.89. The Balaban J connectivity index is 2.28. The molecular formula is C16H16FNOS. The summed E-state index contributed by atoms with van der Waals surface area (Å²) in [7, 11) is 0.